The van der Waals surface area contributed by atoms with Crippen molar-refractivity contribution in [1.82, 2.24) is 10.2 Å². The van der Waals surface area contributed by atoms with Crippen LogP contribution in [0.5, 0.6) is 0 Å². The molecule has 6 heteroatoms. The lowest BCUT2D eigenvalue weighted by molar-refractivity contribution is -0.105. The molecule has 2 aromatic rings. The van der Waals surface area contributed by atoms with Crippen molar-refractivity contribution < 1.29 is 9.18 Å². The molecule has 76 valence electrons. The molecule has 1 aromatic heterocycles. The van der Waals surface area contributed by atoms with Crippen LogP contribution in [-0.4, -0.2) is 16.6 Å². The van der Waals surface area contributed by atoms with Crippen molar-refractivity contribution in [3.63, 3.8) is 0 Å². The highest BCUT2D eigenvalue weighted by Gasteiger charge is 2.05. The Bertz CT molecular complexity index is 468. The number of benzene rings is 1. The fraction of sp³-hybridized carbons (Fsp3) is 0. The Kier molecular flexibility index (Phi) is 2.68. The maximum absolute atomic E-state index is 12.6. The average molecular weight is 223 g/mol. The molecule has 0 fully saturated rings. The molecule has 1 N–H and O–H groups in total. The second kappa shape index (κ2) is 4.14. The van der Waals surface area contributed by atoms with Gasteiger partial charge in [-0.05, 0) is 24.3 Å². The van der Waals surface area contributed by atoms with Crippen molar-refractivity contribution in [2.45, 2.75) is 0 Å². The molecule has 0 bridgehead atoms. The predicted molar refractivity (Wildman–Crippen MR) is 55.0 cm³/mol. The number of aromatic nitrogens is 2. The van der Waals surface area contributed by atoms with Crippen molar-refractivity contribution in [1.29, 1.82) is 0 Å². The highest BCUT2D eigenvalue weighted by molar-refractivity contribution is 7.18. The monoisotopic (exact) mass is 223 g/mol. The zero-order valence-electron chi connectivity index (χ0n) is 7.48. The molecular weight excluding hydrogens is 217 g/mol. The molecule has 0 saturated carbocycles. The number of anilines is 1. The van der Waals surface area contributed by atoms with Crippen LogP contribution in [0.1, 0.15) is 0 Å². The van der Waals surface area contributed by atoms with Gasteiger partial charge in [0, 0.05) is 5.56 Å². The molecule has 1 heterocycles. The molecule has 1 amide bonds. The summed E-state index contributed by atoms with van der Waals surface area (Å²) in [6.45, 7) is 0. The fourth-order valence-electron chi connectivity index (χ4n) is 1.04. The zero-order chi connectivity index (χ0) is 10.7. The van der Waals surface area contributed by atoms with Crippen LogP contribution < -0.4 is 5.32 Å². The molecule has 1 aromatic carbocycles. The Morgan fingerprint density at radius 1 is 1.27 bits per heavy atom. The lowest BCUT2D eigenvalue weighted by Gasteiger charge is -1.93. The Hall–Kier alpha value is -1.82. The standard InChI is InChI=1S/C9H6FN3OS/c10-7-3-1-6(2-4-7)8-12-13-9(15-8)11-5-14/h1-5H,(H,11,13,14). The first kappa shape index (κ1) is 9.72. The SMILES string of the molecule is O=CNc1nnc(-c2ccc(F)cc2)s1. The van der Waals surface area contributed by atoms with Crippen LogP contribution >= 0.6 is 11.3 Å². The van der Waals surface area contributed by atoms with Gasteiger partial charge in [0.15, 0.2) is 0 Å². The van der Waals surface area contributed by atoms with Crippen LogP contribution in [0, 0.1) is 5.82 Å². The summed E-state index contributed by atoms with van der Waals surface area (Å²) < 4.78 is 12.6. The van der Waals surface area contributed by atoms with Crippen LogP contribution in [0.3, 0.4) is 0 Å². The van der Waals surface area contributed by atoms with Crippen molar-refractivity contribution in [2.75, 3.05) is 5.32 Å². The van der Waals surface area contributed by atoms with Gasteiger partial charge in [-0.25, -0.2) is 4.39 Å². The van der Waals surface area contributed by atoms with E-state index in [0.717, 1.165) is 5.56 Å². The molecule has 15 heavy (non-hydrogen) atoms. The third-order valence-corrected chi connectivity index (χ3v) is 2.60. The van der Waals surface area contributed by atoms with E-state index in [1.165, 1.54) is 23.5 Å². The third-order valence-electron chi connectivity index (χ3n) is 1.70. The van der Waals surface area contributed by atoms with E-state index < -0.39 is 0 Å². The molecule has 0 unspecified atom stereocenters. The minimum Gasteiger partial charge on any atom is -0.303 e. The van der Waals surface area contributed by atoms with E-state index in [4.69, 9.17) is 0 Å². The summed E-state index contributed by atoms with van der Waals surface area (Å²) in [5.41, 5.74) is 0.771. The molecule has 0 spiro atoms. The molecule has 0 aliphatic carbocycles. The highest BCUT2D eigenvalue weighted by atomic mass is 32.1. The van der Waals surface area contributed by atoms with Crippen molar-refractivity contribution in [2.24, 2.45) is 0 Å². The topological polar surface area (TPSA) is 54.9 Å². The first-order valence-corrected chi connectivity index (χ1v) is 4.91. The second-order valence-corrected chi connectivity index (χ2v) is 3.66. The number of rotatable bonds is 3. The molecule has 0 radical (unpaired) electrons. The minimum absolute atomic E-state index is 0.297. The summed E-state index contributed by atoms with van der Waals surface area (Å²) in [4.78, 5) is 10.1. The molecule has 0 aliphatic heterocycles. The van der Waals surface area contributed by atoms with Crippen molar-refractivity contribution >= 4 is 22.9 Å². The highest BCUT2D eigenvalue weighted by Crippen LogP contribution is 2.25. The molecule has 0 atom stereocenters. The van der Waals surface area contributed by atoms with E-state index in [2.05, 4.69) is 15.5 Å². The first-order valence-electron chi connectivity index (χ1n) is 4.09. The van der Waals surface area contributed by atoms with Gasteiger partial charge in [0.05, 0.1) is 0 Å². The van der Waals surface area contributed by atoms with E-state index in [9.17, 15) is 9.18 Å². The Balaban J connectivity index is 2.28. The lowest BCUT2D eigenvalue weighted by Crippen LogP contribution is -1.91. The van der Waals surface area contributed by atoms with Crippen LogP contribution in [0.2, 0.25) is 0 Å². The van der Waals surface area contributed by atoms with E-state index >= 15 is 0 Å². The van der Waals surface area contributed by atoms with E-state index in [0.29, 0.717) is 16.5 Å². The Morgan fingerprint density at radius 3 is 2.67 bits per heavy atom. The van der Waals surface area contributed by atoms with Crippen molar-refractivity contribution in [3.05, 3.63) is 30.1 Å². The lowest BCUT2D eigenvalue weighted by atomic mass is 10.2. The van der Waals surface area contributed by atoms with Gasteiger partial charge >= 0.3 is 0 Å². The summed E-state index contributed by atoms with van der Waals surface area (Å²) in [6.07, 6.45) is 0.537. The van der Waals surface area contributed by atoms with Crippen LogP contribution in [0.25, 0.3) is 10.6 Å². The fourth-order valence-corrected chi connectivity index (χ4v) is 1.75. The smallest absolute Gasteiger partial charge is 0.213 e. The number of nitrogens with one attached hydrogen (secondary N) is 1. The van der Waals surface area contributed by atoms with Gasteiger partial charge in [0.1, 0.15) is 10.8 Å². The largest absolute Gasteiger partial charge is 0.303 e. The second-order valence-electron chi connectivity index (χ2n) is 2.68. The number of hydrogen-bond acceptors (Lipinski definition) is 4. The van der Waals surface area contributed by atoms with Gasteiger partial charge in [-0.15, -0.1) is 10.2 Å². The minimum atomic E-state index is -0.297. The summed E-state index contributed by atoms with van der Waals surface area (Å²) in [5, 5.41) is 11.1. The molecule has 0 aliphatic rings. The van der Waals surface area contributed by atoms with Gasteiger partial charge in [0.2, 0.25) is 11.5 Å². The van der Waals surface area contributed by atoms with Crippen LogP contribution in [0.15, 0.2) is 24.3 Å². The zero-order valence-corrected chi connectivity index (χ0v) is 8.29. The predicted octanol–water partition coefficient (Wildman–Crippen LogP) is 1.91. The van der Waals surface area contributed by atoms with Gasteiger partial charge in [-0.1, -0.05) is 11.3 Å². The summed E-state index contributed by atoms with van der Waals surface area (Å²) >= 11 is 1.23. The van der Waals surface area contributed by atoms with Gasteiger partial charge < -0.3 is 5.32 Å². The quantitative estimate of drug-likeness (QED) is 0.809. The summed E-state index contributed by atoms with van der Waals surface area (Å²) in [5.74, 6) is -0.297. The average Bonchev–Trinajstić information content (AvgIpc) is 2.68. The van der Waals surface area contributed by atoms with E-state index in [-0.39, 0.29) is 5.82 Å². The third kappa shape index (κ3) is 2.16. The number of hydrogen-bond donors (Lipinski definition) is 1. The summed E-state index contributed by atoms with van der Waals surface area (Å²) in [6, 6.07) is 5.92. The number of amides is 1. The van der Waals surface area contributed by atoms with Gasteiger partial charge in [-0.2, -0.15) is 0 Å². The Morgan fingerprint density at radius 2 is 2.00 bits per heavy atom. The number of carbonyl (C=O) groups excluding carboxylic acids is 1. The van der Waals surface area contributed by atoms with Crippen LogP contribution in [-0.2, 0) is 4.79 Å². The van der Waals surface area contributed by atoms with Crippen molar-refractivity contribution in [3.8, 4) is 10.6 Å². The number of nitrogens with zero attached hydrogens (tertiary/aromatic N) is 2. The number of carbonyl (C=O) groups is 1. The number of halogens is 1. The van der Waals surface area contributed by atoms with Gasteiger partial charge in [-0.3, -0.25) is 4.79 Å². The van der Waals surface area contributed by atoms with Gasteiger partial charge in [0.25, 0.3) is 0 Å². The molecule has 2 rings (SSSR count). The first-order chi connectivity index (χ1) is 7.29. The van der Waals surface area contributed by atoms with Crippen LogP contribution in [0.4, 0.5) is 9.52 Å². The molecule has 4 nitrogen and oxygen atoms in total. The Labute approximate surface area is 88.8 Å². The summed E-state index contributed by atoms with van der Waals surface area (Å²) in [7, 11) is 0. The molecular formula is C9H6FN3OS. The van der Waals surface area contributed by atoms with E-state index in [1.807, 2.05) is 0 Å². The maximum atomic E-state index is 12.6. The normalized spacial score (nSPS) is 9.93. The molecule has 0 saturated heterocycles. The maximum Gasteiger partial charge on any atom is 0.213 e. The van der Waals surface area contributed by atoms with E-state index in [1.54, 1.807) is 12.1 Å².